The molecule has 1 N–H and O–H groups in total. The molecule has 2 atom stereocenters. The Kier molecular flexibility index (Phi) is 4.87. The summed E-state index contributed by atoms with van der Waals surface area (Å²) in [5.41, 5.74) is 0.360. The number of alkyl halides is 1. The van der Waals surface area contributed by atoms with Crippen LogP contribution in [0.25, 0.3) is 0 Å². The molecule has 2 saturated heterocycles. The SMILES string of the molecule is CC1CCN(CC2(CBr)CCOCC2)CC1O. The van der Waals surface area contributed by atoms with Crippen molar-refractivity contribution in [3.8, 4) is 0 Å². The molecule has 0 saturated carbocycles. The minimum atomic E-state index is -0.143. The van der Waals surface area contributed by atoms with Crippen molar-refractivity contribution in [2.75, 3.05) is 38.2 Å². The van der Waals surface area contributed by atoms with Crippen LogP contribution in [0.1, 0.15) is 26.2 Å². The summed E-state index contributed by atoms with van der Waals surface area (Å²) in [5.74, 6) is 0.459. The van der Waals surface area contributed by atoms with Gasteiger partial charge in [-0.15, -0.1) is 0 Å². The third-order valence-corrected chi connectivity index (χ3v) is 5.59. The van der Waals surface area contributed by atoms with Gasteiger partial charge in [0.2, 0.25) is 0 Å². The lowest BCUT2D eigenvalue weighted by atomic mass is 9.81. The van der Waals surface area contributed by atoms with Crippen LogP contribution < -0.4 is 0 Å². The Morgan fingerprint density at radius 1 is 1.41 bits per heavy atom. The van der Waals surface area contributed by atoms with Gasteiger partial charge in [0.1, 0.15) is 0 Å². The molecule has 0 radical (unpaired) electrons. The average Bonchev–Trinajstić information content (AvgIpc) is 2.35. The summed E-state index contributed by atoms with van der Waals surface area (Å²) < 4.78 is 5.47. The molecule has 4 heteroatoms. The lowest BCUT2D eigenvalue weighted by Gasteiger charge is -2.43. The van der Waals surface area contributed by atoms with Crippen molar-refractivity contribution in [1.29, 1.82) is 0 Å². The van der Waals surface area contributed by atoms with Crippen molar-refractivity contribution in [3.63, 3.8) is 0 Å². The molecular formula is C13H24BrNO2. The first-order valence-electron chi connectivity index (χ1n) is 6.69. The van der Waals surface area contributed by atoms with Crippen LogP contribution in [0.3, 0.4) is 0 Å². The molecule has 0 amide bonds. The number of aliphatic hydroxyl groups excluding tert-OH is 1. The number of hydrogen-bond acceptors (Lipinski definition) is 3. The molecule has 17 heavy (non-hydrogen) atoms. The van der Waals surface area contributed by atoms with E-state index in [2.05, 4.69) is 27.8 Å². The number of β-amino-alcohol motifs (C(OH)–C–C–N with tert-alkyl or cyclic N) is 1. The van der Waals surface area contributed by atoms with Crippen molar-refractivity contribution < 1.29 is 9.84 Å². The molecule has 2 unspecified atom stereocenters. The van der Waals surface area contributed by atoms with Gasteiger partial charge in [-0.3, -0.25) is 0 Å². The Labute approximate surface area is 113 Å². The lowest BCUT2D eigenvalue weighted by Crippen LogP contribution is -2.49. The summed E-state index contributed by atoms with van der Waals surface area (Å²) >= 11 is 3.68. The lowest BCUT2D eigenvalue weighted by molar-refractivity contribution is -0.0218. The smallest absolute Gasteiger partial charge is 0.0693 e. The molecule has 2 rings (SSSR count). The Balaban J connectivity index is 1.90. The second-order valence-electron chi connectivity index (χ2n) is 5.81. The predicted octanol–water partition coefficient (Wildman–Crippen LogP) is 1.88. The van der Waals surface area contributed by atoms with Gasteiger partial charge in [0.25, 0.3) is 0 Å². The average molecular weight is 306 g/mol. The zero-order chi connectivity index (χ0) is 12.3. The maximum absolute atomic E-state index is 9.96. The van der Waals surface area contributed by atoms with Crippen molar-refractivity contribution in [2.45, 2.75) is 32.3 Å². The molecule has 0 aromatic carbocycles. The number of rotatable bonds is 3. The number of nitrogens with zero attached hydrogens (tertiary/aromatic N) is 1. The van der Waals surface area contributed by atoms with Crippen LogP contribution in [0.5, 0.6) is 0 Å². The fourth-order valence-corrected chi connectivity index (χ4v) is 3.61. The maximum Gasteiger partial charge on any atom is 0.0693 e. The third kappa shape index (κ3) is 3.43. The van der Waals surface area contributed by atoms with Crippen LogP contribution in [0.2, 0.25) is 0 Å². The zero-order valence-electron chi connectivity index (χ0n) is 10.7. The number of hydrogen-bond donors (Lipinski definition) is 1. The summed E-state index contributed by atoms with van der Waals surface area (Å²) in [6, 6.07) is 0. The summed E-state index contributed by atoms with van der Waals surface area (Å²) in [7, 11) is 0. The normalized spacial score (nSPS) is 34.8. The highest BCUT2D eigenvalue weighted by molar-refractivity contribution is 9.09. The third-order valence-electron chi connectivity index (χ3n) is 4.40. The van der Waals surface area contributed by atoms with E-state index in [4.69, 9.17) is 4.74 Å². The zero-order valence-corrected chi connectivity index (χ0v) is 12.3. The van der Waals surface area contributed by atoms with E-state index in [-0.39, 0.29) is 6.10 Å². The topological polar surface area (TPSA) is 32.7 Å². The highest BCUT2D eigenvalue weighted by Gasteiger charge is 2.35. The molecule has 3 nitrogen and oxygen atoms in total. The standard InChI is InChI=1S/C13H24BrNO2/c1-11-2-5-15(8-12(11)16)10-13(9-14)3-6-17-7-4-13/h11-12,16H,2-10H2,1H3. The van der Waals surface area contributed by atoms with Crippen LogP contribution in [-0.2, 0) is 4.74 Å². The van der Waals surface area contributed by atoms with E-state index in [0.717, 1.165) is 57.4 Å². The van der Waals surface area contributed by atoms with Gasteiger partial charge < -0.3 is 14.7 Å². The van der Waals surface area contributed by atoms with Gasteiger partial charge in [-0.1, -0.05) is 22.9 Å². The van der Waals surface area contributed by atoms with Gasteiger partial charge in [-0.05, 0) is 37.1 Å². The first-order valence-corrected chi connectivity index (χ1v) is 7.81. The van der Waals surface area contributed by atoms with E-state index >= 15 is 0 Å². The van der Waals surface area contributed by atoms with E-state index in [1.807, 2.05) is 0 Å². The van der Waals surface area contributed by atoms with Crippen molar-refractivity contribution >= 4 is 15.9 Å². The van der Waals surface area contributed by atoms with Crippen LogP contribution in [-0.4, -0.2) is 54.3 Å². The van der Waals surface area contributed by atoms with E-state index in [1.54, 1.807) is 0 Å². The van der Waals surface area contributed by atoms with Crippen molar-refractivity contribution in [1.82, 2.24) is 4.90 Å². The molecule has 0 aliphatic carbocycles. The predicted molar refractivity (Wildman–Crippen MR) is 72.5 cm³/mol. The van der Waals surface area contributed by atoms with Crippen molar-refractivity contribution in [2.24, 2.45) is 11.3 Å². The Hall–Kier alpha value is 0.360. The molecule has 2 fully saturated rings. The van der Waals surface area contributed by atoms with Crippen LogP contribution in [0.4, 0.5) is 0 Å². The largest absolute Gasteiger partial charge is 0.392 e. The Morgan fingerprint density at radius 3 is 2.71 bits per heavy atom. The van der Waals surface area contributed by atoms with Gasteiger partial charge in [-0.25, -0.2) is 0 Å². The van der Waals surface area contributed by atoms with Gasteiger partial charge in [0, 0.05) is 31.6 Å². The molecular weight excluding hydrogens is 282 g/mol. The number of aliphatic hydroxyl groups is 1. The minimum Gasteiger partial charge on any atom is -0.392 e. The van der Waals surface area contributed by atoms with Gasteiger partial charge in [-0.2, -0.15) is 0 Å². The van der Waals surface area contributed by atoms with Gasteiger partial charge >= 0.3 is 0 Å². The van der Waals surface area contributed by atoms with Crippen LogP contribution in [0.15, 0.2) is 0 Å². The Morgan fingerprint density at radius 2 is 2.12 bits per heavy atom. The Bertz CT molecular complexity index is 244. The number of piperidine rings is 1. The first kappa shape index (κ1) is 13.8. The fraction of sp³-hybridized carbons (Fsp3) is 1.00. The molecule has 100 valence electrons. The fourth-order valence-electron chi connectivity index (χ4n) is 2.87. The summed E-state index contributed by atoms with van der Waals surface area (Å²) in [6.45, 7) is 7.00. The molecule has 2 heterocycles. The first-order chi connectivity index (χ1) is 8.15. The van der Waals surface area contributed by atoms with E-state index in [1.165, 1.54) is 0 Å². The summed E-state index contributed by atoms with van der Waals surface area (Å²) in [6.07, 6.45) is 3.26. The number of ether oxygens (including phenoxy) is 1. The summed E-state index contributed by atoms with van der Waals surface area (Å²) in [4.78, 5) is 2.44. The maximum atomic E-state index is 9.96. The molecule has 0 spiro atoms. The second-order valence-corrected chi connectivity index (χ2v) is 6.38. The molecule has 0 bridgehead atoms. The van der Waals surface area contributed by atoms with E-state index in [9.17, 15) is 5.11 Å². The van der Waals surface area contributed by atoms with Crippen LogP contribution >= 0.6 is 15.9 Å². The molecule has 0 aromatic heterocycles. The summed E-state index contributed by atoms with van der Waals surface area (Å²) in [5, 5.41) is 11.0. The molecule has 2 aliphatic heterocycles. The van der Waals surface area contributed by atoms with Crippen molar-refractivity contribution in [3.05, 3.63) is 0 Å². The van der Waals surface area contributed by atoms with Gasteiger partial charge in [0.15, 0.2) is 0 Å². The van der Waals surface area contributed by atoms with E-state index in [0.29, 0.717) is 11.3 Å². The molecule has 0 aromatic rings. The highest BCUT2D eigenvalue weighted by atomic mass is 79.9. The number of halogens is 1. The number of likely N-dealkylation sites (tertiary alicyclic amines) is 1. The highest BCUT2D eigenvalue weighted by Crippen LogP contribution is 2.34. The van der Waals surface area contributed by atoms with E-state index < -0.39 is 0 Å². The quantitative estimate of drug-likeness (QED) is 0.808. The minimum absolute atomic E-state index is 0.143. The monoisotopic (exact) mass is 305 g/mol. The van der Waals surface area contributed by atoms with Gasteiger partial charge in [0.05, 0.1) is 6.10 Å². The molecule has 2 aliphatic rings. The van der Waals surface area contributed by atoms with Crippen LogP contribution in [0, 0.1) is 11.3 Å². The second kappa shape index (κ2) is 6.00.